The molecule has 3 atom stereocenters. The van der Waals surface area contributed by atoms with Gasteiger partial charge in [-0.1, -0.05) is 60.7 Å². The number of alkyl halides is 1. The molecule has 114 valence electrons. The molecule has 5 rings (SSSR count). The molecular formula is C18H17ClO2S. The van der Waals surface area contributed by atoms with Crippen LogP contribution in [0.4, 0.5) is 0 Å². The van der Waals surface area contributed by atoms with Gasteiger partial charge in [-0.05, 0) is 28.9 Å². The molecule has 1 aliphatic carbocycles. The van der Waals surface area contributed by atoms with E-state index in [0.717, 1.165) is 0 Å². The highest BCUT2D eigenvalue weighted by Crippen LogP contribution is 2.64. The first-order valence-electron chi connectivity index (χ1n) is 7.55. The summed E-state index contributed by atoms with van der Waals surface area (Å²) >= 11 is 6.40. The Bertz CT molecular complexity index is 726. The number of fused-ring (bicyclic) bond motifs is 2. The molecular weight excluding hydrogens is 316 g/mol. The SMILES string of the molecule is O=S1(=O)CC2C(c3ccccc3)C(C2c2ccccc2)C1Cl. The second-order valence-corrected chi connectivity index (χ2v) is 9.19. The van der Waals surface area contributed by atoms with Gasteiger partial charge in [0.2, 0.25) is 0 Å². The molecule has 1 saturated carbocycles. The molecule has 2 nitrogen and oxygen atoms in total. The van der Waals surface area contributed by atoms with Crippen LogP contribution in [0.15, 0.2) is 60.7 Å². The van der Waals surface area contributed by atoms with Crippen molar-refractivity contribution in [2.75, 3.05) is 5.75 Å². The third kappa shape index (κ3) is 2.03. The molecule has 2 aromatic rings. The molecule has 2 aromatic carbocycles. The predicted octanol–water partition coefficient (Wildman–Crippen LogP) is 3.79. The topological polar surface area (TPSA) is 34.1 Å². The quantitative estimate of drug-likeness (QED) is 0.784. The van der Waals surface area contributed by atoms with Gasteiger partial charge in [-0.25, -0.2) is 8.42 Å². The summed E-state index contributed by atoms with van der Waals surface area (Å²) in [7, 11) is -3.18. The van der Waals surface area contributed by atoms with Crippen molar-refractivity contribution in [3.05, 3.63) is 71.8 Å². The lowest BCUT2D eigenvalue weighted by Crippen LogP contribution is -2.58. The molecule has 2 aliphatic heterocycles. The number of hydrogen-bond acceptors (Lipinski definition) is 2. The van der Waals surface area contributed by atoms with Gasteiger partial charge < -0.3 is 0 Å². The Kier molecular flexibility index (Phi) is 3.31. The van der Waals surface area contributed by atoms with E-state index < -0.39 is 14.5 Å². The second-order valence-electron chi connectivity index (χ2n) is 6.29. The number of halogens is 1. The first-order chi connectivity index (χ1) is 10.6. The van der Waals surface area contributed by atoms with Crippen LogP contribution in [0.5, 0.6) is 0 Å². The predicted molar refractivity (Wildman–Crippen MR) is 88.8 cm³/mol. The Balaban J connectivity index is 1.76. The molecule has 2 heterocycles. The highest BCUT2D eigenvalue weighted by molar-refractivity contribution is 7.93. The summed E-state index contributed by atoms with van der Waals surface area (Å²) in [6.07, 6.45) is 0. The van der Waals surface area contributed by atoms with Crippen LogP contribution in [0.3, 0.4) is 0 Å². The zero-order valence-corrected chi connectivity index (χ0v) is 13.5. The van der Waals surface area contributed by atoms with Gasteiger partial charge in [0.1, 0.15) is 4.71 Å². The fraction of sp³-hybridized carbons (Fsp3) is 0.333. The molecule has 22 heavy (non-hydrogen) atoms. The molecule has 0 amide bonds. The summed E-state index contributed by atoms with van der Waals surface area (Å²) in [6.45, 7) is 0. The summed E-state index contributed by atoms with van der Waals surface area (Å²) < 4.78 is 23.7. The van der Waals surface area contributed by atoms with Gasteiger partial charge in [-0.2, -0.15) is 0 Å². The Morgan fingerprint density at radius 3 is 1.68 bits per heavy atom. The third-order valence-corrected chi connectivity index (χ3v) is 8.15. The van der Waals surface area contributed by atoms with Gasteiger partial charge in [0, 0.05) is 5.92 Å². The van der Waals surface area contributed by atoms with Crippen molar-refractivity contribution in [3.63, 3.8) is 0 Å². The Morgan fingerprint density at radius 2 is 1.27 bits per heavy atom. The van der Waals surface area contributed by atoms with Gasteiger partial charge in [0.15, 0.2) is 9.84 Å². The molecule has 3 unspecified atom stereocenters. The average Bonchev–Trinajstić information content (AvgIpc) is 2.51. The number of sulfone groups is 1. The van der Waals surface area contributed by atoms with Crippen molar-refractivity contribution in [3.8, 4) is 0 Å². The second kappa shape index (κ2) is 5.10. The monoisotopic (exact) mass is 332 g/mol. The summed E-state index contributed by atoms with van der Waals surface area (Å²) in [4.78, 5) is 0. The van der Waals surface area contributed by atoms with E-state index in [1.807, 2.05) is 36.4 Å². The van der Waals surface area contributed by atoms with Crippen molar-refractivity contribution in [2.24, 2.45) is 11.8 Å². The fourth-order valence-electron chi connectivity index (χ4n) is 4.29. The van der Waals surface area contributed by atoms with E-state index in [9.17, 15) is 8.42 Å². The molecule has 2 saturated heterocycles. The van der Waals surface area contributed by atoms with Crippen molar-refractivity contribution in [1.29, 1.82) is 0 Å². The minimum absolute atomic E-state index is 0.0322. The lowest BCUT2D eigenvalue weighted by molar-refractivity contribution is 0.108. The molecule has 3 aliphatic rings. The van der Waals surface area contributed by atoms with Crippen LogP contribution in [0, 0.1) is 11.8 Å². The maximum atomic E-state index is 12.2. The van der Waals surface area contributed by atoms with E-state index in [4.69, 9.17) is 11.6 Å². The van der Waals surface area contributed by atoms with Crippen molar-refractivity contribution < 1.29 is 8.42 Å². The molecule has 3 fully saturated rings. The van der Waals surface area contributed by atoms with Crippen LogP contribution in [0.1, 0.15) is 23.0 Å². The number of hydrogen-bond donors (Lipinski definition) is 0. The molecule has 0 radical (unpaired) electrons. The van der Waals surface area contributed by atoms with Crippen molar-refractivity contribution in [1.82, 2.24) is 0 Å². The highest BCUT2D eigenvalue weighted by Gasteiger charge is 2.62. The Labute approximate surface area is 136 Å². The van der Waals surface area contributed by atoms with Crippen molar-refractivity contribution >= 4 is 21.4 Å². The van der Waals surface area contributed by atoms with Gasteiger partial charge in [-0.15, -0.1) is 11.6 Å². The van der Waals surface area contributed by atoms with Crippen LogP contribution in [0.25, 0.3) is 0 Å². The smallest absolute Gasteiger partial charge is 0.167 e. The van der Waals surface area contributed by atoms with E-state index in [0.29, 0.717) is 0 Å². The van der Waals surface area contributed by atoms with E-state index in [-0.39, 0.29) is 29.4 Å². The number of benzene rings is 2. The molecule has 0 spiro atoms. The summed E-state index contributed by atoms with van der Waals surface area (Å²) in [5.74, 6) is 0.788. The summed E-state index contributed by atoms with van der Waals surface area (Å²) in [5, 5.41) is 0. The van der Waals surface area contributed by atoms with Crippen LogP contribution in [0.2, 0.25) is 0 Å². The van der Waals surface area contributed by atoms with Crippen LogP contribution >= 0.6 is 11.6 Å². The zero-order valence-electron chi connectivity index (χ0n) is 12.0. The lowest BCUT2D eigenvalue weighted by atomic mass is 9.53. The standard InChI is InChI=1S/C18H17ClO2S/c19-18-17-15(12-7-3-1-4-8-12)14(11-22(18,20)21)16(17)13-9-5-2-6-10-13/h1-10,14-18H,11H2. The minimum atomic E-state index is -3.18. The Hall–Kier alpha value is -1.32. The summed E-state index contributed by atoms with van der Waals surface area (Å²) in [5.41, 5.74) is 2.43. The first kappa shape index (κ1) is 14.3. The van der Waals surface area contributed by atoms with Crippen LogP contribution < -0.4 is 0 Å². The van der Waals surface area contributed by atoms with Gasteiger partial charge in [0.25, 0.3) is 0 Å². The normalized spacial score (nSPS) is 35.6. The van der Waals surface area contributed by atoms with Gasteiger partial charge >= 0.3 is 0 Å². The molecule has 4 heteroatoms. The van der Waals surface area contributed by atoms with Gasteiger partial charge in [-0.3, -0.25) is 0 Å². The van der Waals surface area contributed by atoms with Crippen molar-refractivity contribution in [2.45, 2.75) is 16.5 Å². The fourth-order valence-corrected chi connectivity index (χ4v) is 6.78. The summed E-state index contributed by atoms with van der Waals surface area (Å²) in [6, 6.07) is 20.4. The maximum Gasteiger partial charge on any atom is 0.167 e. The molecule has 2 bridgehead atoms. The lowest BCUT2D eigenvalue weighted by Gasteiger charge is -2.58. The van der Waals surface area contributed by atoms with E-state index in [1.165, 1.54) is 11.1 Å². The third-order valence-electron chi connectivity index (χ3n) is 5.19. The van der Waals surface area contributed by atoms with Crippen LogP contribution in [-0.4, -0.2) is 18.9 Å². The van der Waals surface area contributed by atoms with E-state index in [1.54, 1.807) is 0 Å². The maximum absolute atomic E-state index is 12.2. The molecule has 0 aromatic heterocycles. The van der Waals surface area contributed by atoms with Gasteiger partial charge in [0.05, 0.1) is 5.75 Å². The Morgan fingerprint density at radius 1 is 0.818 bits per heavy atom. The van der Waals surface area contributed by atoms with Crippen LogP contribution in [-0.2, 0) is 9.84 Å². The highest BCUT2D eigenvalue weighted by atomic mass is 35.5. The zero-order chi connectivity index (χ0) is 15.3. The largest absolute Gasteiger partial charge is 0.227 e. The average molecular weight is 333 g/mol. The minimum Gasteiger partial charge on any atom is -0.227 e. The van der Waals surface area contributed by atoms with E-state index in [2.05, 4.69) is 24.3 Å². The first-order valence-corrected chi connectivity index (χ1v) is 9.70. The molecule has 0 N–H and O–H groups in total. The number of rotatable bonds is 2. The van der Waals surface area contributed by atoms with E-state index >= 15 is 0 Å².